The molecule has 0 bridgehead atoms. The van der Waals surface area contributed by atoms with Gasteiger partial charge >= 0.3 is 0 Å². The van der Waals surface area contributed by atoms with Crippen LogP contribution in [0.2, 0.25) is 0 Å². The fourth-order valence-electron chi connectivity index (χ4n) is 3.58. The number of amides is 1. The van der Waals surface area contributed by atoms with E-state index in [-0.39, 0.29) is 5.91 Å². The molecule has 31 heavy (non-hydrogen) atoms. The number of nitrogens with one attached hydrogen (secondary N) is 2. The molecule has 0 unspecified atom stereocenters. The highest BCUT2D eigenvalue weighted by molar-refractivity contribution is 5.81. The number of carbonyl (C=O) groups excluding carboxylic acids is 1. The maximum atomic E-state index is 11.8. The molecule has 2 N–H and O–H groups in total. The number of carbonyl (C=O) groups is 1. The van der Waals surface area contributed by atoms with Crippen molar-refractivity contribution in [2.75, 3.05) is 67.6 Å². The van der Waals surface area contributed by atoms with E-state index in [1.807, 2.05) is 19.1 Å². The Labute approximate surface area is 185 Å². The molecule has 1 saturated heterocycles. The van der Waals surface area contributed by atoms with Gasteiger partial charge in [0.1, 0.15) is 0 Å². The fourth-order valence-corrected chi connectivity index (χ4v) is 3.58. The first-order valence-electron chi connectivity index (χ1n) is 10.8. The summed E-state index contributed by atoms with van der Waals surface area (Å²) in [5.41, 5.74) is 1.11. The zero-order valence-corrected chi connectivity index (χ0v) is 19.5. The molecule has 1 fully saturated rings. The number of nitrogens with zero attached hydrogens (tertiary/aromatic N) is 3. The van der Waals surface area contributed by atoms with E-state index in [1.165, 1.54) is 0 Å². The zero-order chi connectivity index (χ0) is 22.6. The first-order chi connectivity index (χ1) is 15.1. The largest absolute Gasteiger partial charge is 0.493 e. The first-order valence-corrected chi connectivity index (χ1v) is 10.8. The van der Waals surface area contributed by atoms with E-state index in [0.717, 1.165) is 57.2 Å². The Hall–Kier alpha value is -2.68. The minimum atomic E-state index is 0.0694. The van der Waals surface area contributed by atoms with Gasteiger partial charge in [0.25, 0.3) is 0 Å². The molecule has 0 saturated carbocycles. The lowest BCUT2D eigenvalue weighted by atomic mass is 10.1. The van der Waals surface area contributed by atoms with Crippen molar-refractivity contribution < 1.29 is 19.0 Å². The van der Waals surface area contributed by atoms with E-state index in [0.29, 0.717) is 30.2 Å². The highest BCUT2D eigenvalue weighted by atomic mass is 16.5. The number of piperazine rings is 1. The van der Waals surface area contributed by atoms with Crippen molar-refractivity contribution in [3.63, 3.8) is 0 Å². The second-order valence-electron chi connectivity index (χ2n) is 7.37. The molecule has 2 rings (SSSR count). The Morgan fingerprint density at radius 3 is 2.16 bits per heavy atom. The van der Waals surface area contributed by atoms with Crippen LogP contribution in [0.25, 0.3) is 0 Å². The SMILES string of the molecule is CCCNC(=O)CCNC(=NC)N1CCN(Cc2cc(OC)c(OC)c(OC)c2)CC1. The van der Waals surface area contributed by atoms with Crippen molar-refractivity contribution >= 4 is 11.9 Å². The molecule has 1 amide bonds. The summed E-state index contributed by atoms with van der Waals surface area (Å²) in [6, 6.07) is 4.00. The fraction of sp³-hybridized carbons (Fsp3) is 0.636. The van der Waals surface area contributed by atoms with Gasteiger partial charge in [-0.05, 0) is 24.1 Å². The number of benzene rings is 1. The predicted octanol–water partition coefficient (Wildman–Crippen LogP) is 1.32. The zero-order valence-electron chi connectivity index (χ0n) is 19.5. The minimum absolute atomic E-state index is 0.0694. The van der Waals surface area contributed by atoms with E-state index in [9.17, 15) is 4.79 Å². The van der Waals surface area contributed by atoms with Crippen LogP contribution >= 0.6 is 0 Å². The smallest absolute Gasteiger partial charge is 0.221 e. The van der Waals surface area contributed by atoms with Crippen LogP contribution in [0.4, 0.5) is 0 Å². The summed E-state index contributed by atoms with van der Waals surface area (Å²) in [7, 11) is 6.65. The predicted molar refractivity (Wildman–Crippen MR) is 122 cm³/mol. The van der Waals surface area contributed by atoms with Crippen molar-refractivity contribution in [2.24, 2.45) is 4.99 Å². The van der Waals surface area contributed by atoms with Crippen molar-refractivity contribution in [1.29, 1.82) is 0 Å². The Balaban J connectivity index is 1.86. The van der Waals surface area contributed by atoms with Crippen LogP contribution < -0.4 is 24.8 Å². The summed E-state index contributed by atoms with van der Waals surface area (Å²) in [6.07, 6.45) is 1.39. The van der Waals surface area contributed by atoms with E-state index < -0.39 is 0 Å². The van der Waals surface area contributed by atoms with Crippen molar-refractivity contribution in [3.05, 3.63) is 17.7 Å². The number of methoxy groups -OCH3 is 3. The first kappa shape index (κ1) is 24.6. The Kier molecular flexibility index (Phi) is 10.2. The lowest BCUT2D eigenvalue weighted by molar-refractivity contribution is -0.120. The summed E-state index contributed by atoms with van der Waals surface area (Å²) in [6.45, 7) is 7.70. The number of aliphatic imine (C=N–C) groups is 1. The molecular formula is C22H37N5O4. The Morgan fingerprint density at radius 1 is 1.00 bits per heavy atom. The van der Waals surface area contributed by atoms with Gasteiger partial charge in [-0.15, -0.1) is 0 Å². The number of ether oxygens (including phenoxy) is 3. The summed E-state index contributed by atoms with van der Waals surface area (Å²) in [5.74, 6) is 2.86. The maximum absolute atomic E-state index is 11.8. The van der Waals surface area contributed by atoms with Gasteiger partial charge < -0.3 is 29.7 Å². The van der Waals surface area contributed by atoms with Crippen LogP contribution in [0, 0.1) is 0 Å². The second-order valence-corrected chi connectivity index (χ2v) is 7.37. The topological polar surface area (TPSA) is 87.7 Å². The second kappa shape index (κ2) is 12.9. The van der Waals surface area contributed by atoms with Gasteiger partial charge in [-0.25, -0.2) is 0 Å². The highest BCUT2D eigenvalue weighted by Gasteiger charge is 2.21. The van der Waals surface area contributed by atoms with Gasteiger partial charge in [0.2, 0.25) is 11.7 Å². The van der Waals surface area contributed by atoms with Gasteiger partial charge in [0.15, 0.2) is 17.5 Å². The molecule has 1 aromatic carbocycles. The Morgan fingerprint density at radius 2 is 1.65 bits per heavy atom. The molecule has 1 aliphatic heterocycles. The van der Waals surface area contributed by atoms with Crippen molar-refractivity contribution in [3.8, 4) is 17.2 Å². The summed E-state index contributed by atoms with van der Waals surface area (Å²) in [5, 5.41) is 6.19. The molecular weight excluding hydrogens is 398 g/mol. The van der Waals surface area contributed by atoms with E-state index in [1.54, 1.807) is 28.4 Å². The molecule has 9 nitrogen and oxygen atoms in total. The maximum Gasteiger partial charge on any atom is 0.221 e. The quantitative estimate of drug-likeness (QED) is 0.423. The van der Waals surface area contributed by atoms with Crippen LogP contribution in [0.15, 0.2) is 17.1 Å². The Bertz CT molecular complexity index is 708. The number of rotatable bonds is 10. The molecule has 0 aliphatic carbocycles. The molecule has 1 heterocycles. The van der Waals surface area contributed by atoms with Gasteiger partial charge in [0.05, 0.1) is 21.3 Å². The van der Waals surface area contributed by atoms with E-state index >= 15 is 0 Å². The van der Waals surface area contributed by atoms with Gasteiger partial charge in [-0.3, -0.25) is 14.7 Å². The molecule has 174 valence electrons. The van der Waals surface area contributed by atoms with Gasteiger partial charge in [-0.1, -0.05) is 6.92 Å². The van der Waals surface area contributed by atoms with Crippen LogP contribution in [0.5, 0.6) is 17.2 Å². The van der Waals surface area contributed by atoms with Gasteiger partial charge in [0, 0.05) is 59.3 Å². The van der Waals surface area contributed by atoms with Crippen LogP contribution in [0.1, 0.15) is 25.3 Å². The number of hydrogen-bond acceptors (Lipinski definition) is 6. The molecule has 1 aromatic rings. The molecule has 0 radical (unpaired) electrons. The highest BCUT2D eigenvalue weighted by Crippen LogP contribution is 2.38. The summed E-state index contributed by atoms with van der Waals surface area (Å²) >= 11 is 0. The monoisotopic (exact) mass is 435 g/mol. The average molecular weight is 436 g/mol. The average Bonchev–Trinajstić information content (AvgIpc) is 2.80. The third-order valence-electron chi connectivity index (χ3n) is 5.22. The minimum Gasteiger partial charge on any atom is -0.493 e. The normalized spacial score (nSPS) is 14.9. The molecule has 0 spiro atoms. The van der Waals surface area contributed by atoms with Crippen LogP contribution in [-0.2, 0) is 11.3 Å². The van der Waals surface area contributed by atoms with Crippen LogP contribution in [-0.4, -0.2) is 89.3 Å². The molecule has 0 aromatic heterocycles. The van der Waals surface area contributed by atoms with E-state index in [2.05, 4.69) is 25.4 Å². The van der Waals surface area contributed by atoms with Gasteiger partial charge in [-0.2, -0.15) is 0 Å². The molecule has 9 heteroatoms. The number of hydrogen-bond donors (Lipinski definition) is 2. The van der Waals surface area contributed by atoms with Crippen molar-refractivity contribution in [2.45, 2.75) is 26.3 Å². The standard InChI is InChI=1S/C22H37N5O4/c1-6-8-24-20(28)7-9-25-22(23-2)27-12-10-26(11-13-27)16-17-14-18(29-3)21(31-5)19(15-17)30-4/h14-15H,6-13,16H2,1-5H3,(H,23,25)(H,24,28). The summed E-state index contributed by atoms with van der Waals surface area (Å²) in [4.78, 5) is 20.8. The lowest BCUT2D eigenvalue weighted by Gasteiger charge is -2.36. The van der Waals surface area contributed by atoms with E-state index in [4.69, 9.17) is 14.2 Å². The van der Waals surface area contributed by atoms with Crippen molar-refractivity contribution in [1.82, 2.24) is 20.4 Å². The van der Waals surface area contributed by atoms with Crippen LogP contribution in [0.3, 0.4) is 0 Å². The third kappa shape index (κ3) is 7.20. The molecule has 0 atom stereocenters. The third-order valence-corrected chi connectivity index (χ3v) is 5.22. The number of guanidine groups is 1. The summed E-state index contributed by atoms with van der Waals surface area (Å²) < 4.78 is 16.3. The molecule has 1 aliphatic rings. The lowest BCUT2D eigenvalue weighted by Crippen LogP contribution is -2.52.